The van der Waals surface area contributed by atoms with Crippen LogP contribution in [0, 0.1) is 43.4 Å². The van der Waals surface area contributed by atoms with Gasteiger partial charge in [0.05, 0.1) is 5.56 Å². The van der Waals surface area contributed by atoms with Gasteiger partial charge in [-0.05, 0) is 74.0 Å². The quantitative estimate of drug-likeness (QED) is 0.900. The highest BCUT2D eigenvalue weighted by atomic mass is 16.4. The molecule has 0 aliphatic heterocycles. The Hall–Kier alpha value is -1.84. The number of anilines is 1. The molecule has 0 spiro atoms. The number of benzene rings is 1. The van der Waals surface area contributed by atoms with Crippen LogP contribution in [0.2, 0.25) is 0 Å². The van der Waals surface area contributed by atoms with Gasteiger partial charge < -0.3 is 10.4 Å². The SMILES string of the molecule is Cc1cc(C)c(C(=O)O)cc1NC(=O)C1C2C3CCC(C3)C12. The van der Waals surface area contributed by atoms with Crippen molar-refractivity contribution < 1.29 is 14.7 Å². The van der Waals surface area contributed by atoms with Crippen LogP contribution in [-0.4, -0.2) is 17.0 Å². The van der Waals surface area contributed by atoms with Crippen molar-refractivity contribution in [2.45, 2.75) is 33.1 Å². The van der Waals surface area contributed by atoms with Gasteiger partial charge in [-0.3, -0.25) is 4.79 Å². The summed E-state index contributed by atoms with van der Waals surface area (Å²) in [7, 11) is 0. The second kappa shape index (κ2) is 4.58. The fraction of sp³-hybridized carbons (Fsp3) is 0.556. The van der Waals surface area contributed by atoms with E-state index in [-0.39, 0.29) is 17.4 Å². The van der Waals surface area contributed by atoms with Gasteiger partial charge in [0.2, 0.25) is 5.91 Å². The number of aromatic carboxylic acids is 1. The molecule has 1 amide bonds. The van der Waals surface area contributed by atoms with Gasteiger partial charge in [0.15, 0.2) is 0 Å². The van der Waals surface area contributed by atoms with E-state index in [1.165, 1.54) is 19.3 Å². The minimum absolute atomic E-state index is 0.0925. The molecule has 0 heterocycles. The first-order valence-electron chi connectivity index (χ1n) is 8.12. The van der Waals surface area contributed by atoms with E-state index in [4.69, 9.17) is 0 Å². The Balaban J connectivity index is 1.53. The largest absolute Gasteiger partial charge is 0.478 e. The molecular weight excluding hydrogens is 278 g/mol. The number of fused-ring (bicyclic) bond motifs is 5. The fourth-order valence-corrected chi connectivity index (χ4v) is 5.11. The fourth-order valence-electron chi connectivity index (χ4n) is 5.11. The van der Waals surface area contributed by atoms with Crippen LogP contribution in [0.1, 0.15) is 40.7 Å². The van der Waals surface area contributed by atoms with E-state index < -0.39 is 5.97 Å². The maximum atomic E-state index is 12.6. The van der Waals surface area contributed by atoms with E-state index in [1.54, 1.807) is 13.0 Å². The number of carbonyl (C=O) groups is 2. The molecule has 1 aromatic rings. The van der Waals surface area contributed by atoms with E-state index >= 15 is 0 Å². The molecule has 0 aromatic heterocycles. The lowest BCUT2D eigenvalue weighted by Gasteiger charge is -2.13. The monoisotopic (exact) mass is 299 g/mol. The summed E-state index contributed by atoms with van der Waals surface area (Å²) in [5.41, 5.74) is 2.55. The number of carboxylic acids is 1. The second-order valence-electron chi connectivity index (χ2n) is 7.29. The van der Waals surface area contributed by atoms with E-state index in [1.807, 2.05) is 13.0 Å². The summed E-state index contributed by atoms with van der Waals surface area (Å²) in [5, 5.41) is 12.2. The second-order valence-corrected chi connectivity index (χ2v) is 7.29. The van der Waals surface area contributed by atoms with Crippen molar-refractivity contribution in [3.63, 3.8) is 0 Å². The Bertz CT molecular complexity index is 665. The smallest absolute Gasteiger partial charge is 0.336 e. The molecule has 4 rings (SSSR count). The van der Waals surface area contributed by atoms with Gasteiger partial charge >= 0.3 is 5.97 Å². The zero-order chi connectivity index (χ0) is 15.6. The molecule has 0 radical (unpaired) electrons. The number of aryl methyl sites for hydroxylation is 2. The maximum absolute atomic E-state index is 12.6. The third kappa shape index (κ3) is 1.89. The van der Waals surface area contributed by atoms with Crippen LogP contribution in [-0.2, 0) is 4.79 Å². The molecule has 2 N–H and O–H groups in total. The van der Waals surface area contributed by atoms with Crippen LogP contribution in [0.5, 0.6) is 0 Å². The van der Waals surface area contributed by atoms with Crippen LogP contribution < -0.4 is 5.32 Å². The number of carboxylic acid groups (broad SMARTS) is 1. The van der Waals surface area contributed by atoms with Gasteiger partial charge in [-0.25, -0.2) is 4.79 Å². The highest BCUT2D eigenvalue weighted by molar-refractivity contribution is 5.98. The van der Waals surface area contributed by atoms with Crippen molar-refractivity contribution >= 4 is 17.6 Å². The zero-order valence-corrected chi connectivity index (χ0v) is 12.9. The van der Waals surface area contributed by atoms with Crippen molar-refractivity contribution in [2.24, 2.45) is 29.6 Å². The zero-order valence-electron chi connectivity index (χ0n) is 12.9. The number of rotatable bonds is 3. The number of nitrogens with one attached hydrogen (secondary N) is 1. The lowest BCUT2D eigenvalue weighted by molar-refractivity contribution is -0.118. The molecule has 0 saturated heterocycles. The molecule has 4 atom stereocenters. The molecule has 3 saturated carbocycles. The number of carbonyl (C=O) groups excluding carboxylic acids is 1. The molecule has 116 valence electrons. The standard InChI is InChI=1S/C18H21NO3/c1-8-5-9(2)13(7-12(8)18(21)22)19-17(20)16-14-10-3-4-11(6-10)15(14)16/h5,7,10-11,14-16H,3-4,6H2,1-2H3,(H,19,20)(H,21,22). The van der Waals surface area contributed by atoms with Crippen molar-refractivity contribution in [2.75, 3.05) is 5.32 Å². The Morgan fingerprint density at radius 3 is 2.32 bits per heavy atom. The van der Waals surface area contributed by atoms with Gasteiger partial charge in [-0.15, -0.1) is 0 Å². The Kier molecular flexibility index (Phi) is 2.87. The molecule has 2 bridgehead atoms. The third-order valence-corrected chi connectivity index (χ3v) is 6.10. The topological polar surface area (TPSA) is 66.4 Å². The van der Waals surface area contributed by atoms with Crippen molar-refractivity contribution in [3.8, 4) is 0 Å². The van der Waals surface area contributed by atoms with E-state index in [2.05, 4.69) is 5.32 Å². The van der Waals surface area contributed by atoms with Gasteiger partial charge in [-0.2, -0.15) is 0 Å². The molecular formula is C18H21NO3. The average molecular weight is 299 g/mol. The number of amides is 1. The van der Waals surface area contributed by atoms with E-state index in [0.29, 0.717) is 17.5 Å². The summed E-state index contributed by atoms with van der Waals surface area (Å²) in [6.07, 6.45) is 3.91. The minimum atomic E-state index is -0.950. The number of hydrogen-bond donors (Lipinski definition) is 2. The number of hydrogen-bond acceptors (Lipinski definition) is 2. The molecule has 4 nitrogen and oxygen atoms in total. The van der Waals surface area contributed by atoms with Gasteiger partial charge in [0.1, 0.15) is 0 Å². The molecule has 22 heavy (non-hydrogen) atoms. The van der Waals surface area contributed by atoms with Crippen molar-refractivity contribution in [3.05, 3.63) is 28.8 Å². The van der Waals surface area contributed by atoms with Crippen LogP contribution in [0.15, 0.2) is 12.1 Å². The maximum Gasteiger partial charge on any atom is 0.336 e. The van der Waals surface area contributed by atoms with Crippen molar-refractivity contribution in [1.82, 2.24) is 0 Å². The van der Waals surface area contributed by atoms with Gasteiger partial charge in [-0.1, -0.05) is 6.07 Å². The lowest BCUT2D eigenvalue weighted by atomic mass is 10.0. The highest BCUT2D eigenvalue weighted by Crippen LogP contribution is 2.69. The first-order valence-corrected chi connectivity index (χ1v) is 8.12. The summed E-state index contributed by atoms with van der Waals surface area (Å²) >= 11 is 0. The summed E-state index contributed by atoms with van der Waals surface area (Å²) in [6, 6.07) is 3.42. The minimum Gasteiger partial charge on any atom is -0.478 e. The van der Waals surface area contributed by atoms with Gasteiger partial charge in [0.25, 0.3) is 0 Å². The van der Waals surface area contributed by atoms with Crippen molar-refractivity contribution in [1.29, 1.82) is 0 Å². The van der Waals surface area contributed by atoms with E-state index in [9.17, 15) is 14.7 Å². The predicted octanol–water partition coefficient (Wildman–Crippen LogP) is 3.23. The van der Waals surface area contributed by atoms with Crippen LogP contribution in [0.3, 0.4) is 0 Å². The summed E-state index contributed by atoms with van der Waals surface area (Å²) in [6.45, 7) is 3.69. The summed E-state index contributed by atoms with van der Waals surface area (Å²) in [5.74, 6) is 2.04. The summed E-state index contributed by atoms with van der Waals surface area (Å²) in [4.78, 5) is 23.8. The summed E-state index contributed by atoms with van der Waals surface area (Å²) < 4.78 is 0. The predicted molar refractivity (Wildman–Crippen MR) is 82.8 cm³/mol. The molecule has 3 aliphatic rings. The first kappa shape index (κ1) is 13.8. The first-order chi connectivity index (χ1) is 10.5. The van der Waals surface area contributed by atoms with Crippen LogP contribution >= 0.6 is 0 Å². The van der Waals surface area contributed by atoms with Crippen LogP contribution in [0.4, 0.5) is 5.69 Å². The van der Waals surface area contributed by atoms with Crippen LogP contribution in [0.25, 0.3) is 0 Å². The lowest BCUT2D eigenvalue weighted by Crippen LogP contribution is -2.19. The molecule has 3 aliphatic carbocycles. The van der Waals surface area contributed by atoms with Gasteiger partial charge in [0, 0.05) is 11.6 Å². The van der Waals surface area contributed by atoms with E-state index in [0.717, 1.165) is 23.0 Å². The molecule has 3 fully saturated rings. The third-order valence-electron chi connectivity index (χ3n) is 6.10. The normalized spacial score (nSPS) is 34.4. The molecule has 1 aromatic carbocycles. The Labute approximate surface area is 129 Å². The molecule has 4 heteroatoms. The Morgan fingerprint density at radius 1 is 1.09 bits per heavy atom. The highest BCUT2D eigenvalue weighted by Gasteiger charge is 2.67. The molecule has 4 unspecified atom stereocenters. The Morgan fingerprint density at radius 2 is 1.73 bits per heavy atom. The average Bonchev–Trinajstić information content (AvgIpc) is 2.90.